The highest BCUT2D eigenvalue weighted by Gasteiger charge is 2.28. The van der Waals surface area contributed by atoms with Gasteiger partial charge in [0, 0.05) is 20.6 Å². The number of nitrogens with zero attached hydrogens (tertiary/aromatic N) is 2. The molecular weight excluding hydrogens is 388 g/mol. The summed E-state index contributed by atoms with van der Waals surface area (Å²) in [5.74, 6) is 0.581. The van der Waals surface area contributed by atoms with Crippen LogP contribution >= 0.6 is 27.5 Å². The lowest BCUT2D eigenvalue weighted by Gasteiger charge is -2.25. The number of hydrogen-bond acceptors (Lipinski definition) is 3. The summed E-state index contributed by atoms with van der Waals surface area (Å²) in [4.78, 5) is 6.40. The van der Waals surface area contributed by atoms with Gasteiger partial charge in [-0.15, -0.1) is 0 Å². The van der Waals surface area contributed by atoms with Crippen LogP contribution in [0.4, 0.5) is 5.69 Å². The highest BCUT2D eigenvalue weighted by molar-refractivity contribution is 9.10. The molecule has 0 radical (unpaired) electrons. The maximum Gasteiger partial charge on any atom is 0.131 e. The number of benzodiazepines with no additional fused rings is 1. The first-order valence-electron chi connectivity index (χ1n) is 7.46. The topological polar surface area (TPSA) is 63.3 Å². The van der Waals surface area contributed by atoms with E-state index in [1.54, 1.807) is 11.8 Å². The zero-order chi connectivity index (χ0) is 17.4. The van der Waals surface area contributed by atoms with Gasteiger partial charge in [0.05, 0.1) is 11.4 Å². The van der Waals surface area contributed by atoms with Gasteiger partial charge >= 0.3 is 0 Å². The van der Waals surface area contributed by atoms with Crippen molar-refractivity contribution in [1.29, 1.82) is 10.8 Å². The van der Waals surface area contributed by atoms with Gasteiger partial charge in [-0.3, -0.25) is 20.7 Å². The third kappa shape index (κ3) is 3.01. The first-order chi connectivity index (χ1) is 11.4. The van der Waals surface area contributed by atoms with Crippen molar-refractivity contribution in [2.75, 3.05) is 4.90 Å². The van der Waals surface area contributed by atoms with E-state index in [0.29, 0.717) is 10.9 Å². The van der Waals surface area contributed by atoms with Crippen molar-refractivity contribution in [3.63, 3.8) is 0 Å². The second-order valence-corrected chi connectivity index (χ2v) is 6.98. The SMILES string of the molecule is CC(=N)N1C(=N)[C@H](C)N=C(c2ccc(Cl)cc2)c2cc(Br)ccc21. The van der Waals surface area contributed by atoms with Crippen molar-refractivity contribution in [3.05, 3.63) is 63.1 Å². The van der Waals surface area contributed by atoms with Crippen LogP contribution in [0.1, 0.15) is 25.0 Å². The van der Waals surface area contributed by atoms with Crippen LogP contribution in [0.25, 0.3) is 0 Å². The number of nitrogens with one attached hydrogen (secondary N) is 2. The molecule has 0 spiro atoms. The van der Waals surface area contributed by atoms with Gasteiger partial charge in [-0.1, -0.05) is 39.7 Å². The number of benzene rings is 2. The van der Waals surface area contributed by atoms with Crippen LogP contribution < -0.4 is 4.90 Å². The summed E-state index contributed by atoms with van der Waals surface area (Å²) < 4.78 is 0.923. The van der Waals surface area contributed by atoms with Crippen LogP contribution in [0.5, 0.6) is 0 Å². The number of fused-ring (bicyclic) bond motifs is 1. The number of hydrogen-bond donors (Lipinski definition) is 2. The average Bonchev–Trinajstić information content (AvgIpc) is 2.64. The standard InChI is InChI=1S/C18H16BrClN4/c1-10-18(22)24(11(2)21)16-8-5-13(19)9-15(16)17(23-10)12-3-6-14(20)7-4-12/h3-10,21-22H,1-2H3/t10-/m0/s1. The summed E-state index contributed by atoms with van der Waals surface area (Å²) in [6, 6.07) is 13.0. The molecule has 6 heteroatoms. The van der Waals surface area contributed by atoms with Crippen molar-refractivity contribution in [3.8, 4) is 0 Å². The van der Waals surface area contributed by atoms with E-state index in [1.807, 2.05) is 49.4 Å². The van der Waals surface area contributed by atoms with E-state index in [4.69, 9.17) is 27.4 Å². The molecule has 0 bridgehead atoms. The normalized spacial score (nSPS) is 17.2. The van der Waals surface area contributed by atoms with E-state index < -0.39 is 0 Å². The summed E-state index contributed by atoms with van der Waals surface area (Å²) in [6.45, 7) is 3.55. The van der Waals surface area contributed by atoms with Gasteiger partial charge in [0.2, 0.25) is 0 Å². The van der Waals surface area contributed by atoms with E-state index in [-0.39, 0.29) is 11.9 Å². The van der Waals surface area contributed by atoms with Crippen molar-refractivity contribution in [2.24, 2.45) is 4.99 Å². The van der Waals surface area contributed by atoms with Crippen molar-refractivity contribution >= 4 is 50.6 Å². The Morgan fingerprint density at radius 3 is 2.50 bits per heavy atom. The Morgan fingerprint density at radius 1 is 1.21 bits per heavy atom. The fraction of sp³-hybridized carbons (Fsp3) is 0.167. The van der Waals surface area contributed by atoms with Crippen LogP contribution in [-0.2, 0) is 0 Å². The summed E-state index contributed by atoms with van der Waals surface area (Å²) in [5, 5.41) is 17.2. The molecule has 1 aliphatic heterocycles. The van der Waals surface area contributed by atoms with Crippen molar-refractivity contribution in [2.45, 2.75) is 19.9 Å². The second kappa shape index (κ2) is 6.49. The van der Waals surface area contributed by atoms with E-state index in [2.05, 4.69) is 15.9 Å². The monoisotopic (exact) mass is 402 g/mol. The quantitative estimate of drug-likeness (QED) is 0.503. The third-order valence-corrected chi connectivity index (χ3v) is 4.61. The van der Waals surface area contributed by atoms with E-state index in [9.17, 15) is 0 Å². The zero-order valence-corrected chi connectivity index (χ0v) is 15.6. The molecule has 0 aliphatic carbocycles. The molecule has 1 atom stereocenters. The predicted octanol–water partition coefficient (Wildman–Crippen LogP) is 5.12. The molecular formula is C18H16BrClN4. The maximum absolute atomic E-state index is 8.44. The molecule has 2 N–H and O–H groups in total. The maximum atomic E-state index is 8.44. The van der Waals surface area contributed by atoms with Gasteiger partial charge in [0.15, 0.2) is 0 Å². The lowest BCUT2D eigenvalue weighted by molar-refractivity contribution is 0.950. The van der Waals surface area contributed by atoms with Gasteiger partial charge in [-0.2, -0.15) is 0 Å². The molecule has 0 saturated carbocycles. The highest BCUT2D eigenvalue weighted by Crippen LogP contribution is 2.31. The van der Waals surface area contributed by atoms with E-state index >= 15 is 0 Å². The fourth-order valence-corrected chi connectivity index (χ4v) is 3.22. The smallest absolute Gasteiger partial charge is 0.131 e. The van der Waals surface area contributed by atoms with E-state index in [0.717, 1.165) is 27.0 Å². The van der Waals surface area contributed by atoms with Gasteiger partial charge in [-0.25, -0.2) is 0 Å². The lowest BCUT2D eigenvalue weighted by Crippen LogP contribution is -2.39. The predicted molar refractivity (Wildman–Crippen MR) is 104 cm³/mol. The Morgan fingerprint density at radius 2 is 1.88 bits per heavy atom. The molecule has 0 fully saturated rings. The van der Waals surface area contributed by atoms with Crippen LogP contribution in [0.2, 0.25) is 5.02 Å². The molecule has 3 rings (SSSR count). The van der Waals surface area contributed by atoms with Crippen molar-refractivity contribution < 1.29 is 0 Å². The Hall–Kier alpha value is -1.98. The molecule has 0 saturated heterocycles. The molecule has 24 heavy (non-hydrogen) atoms. The first-order valence-corrected chi connectivity index (χ1v) is 8.63. The summed E-state index contributed by atoms with van der Waals surface area (Å²) in [6.07, 6.45) is 0. The minimum Gasteiger partial charge on any atom is -0.288 e. The Kier molecular flexibility index (Phi) is 4.56. The summed E-state index contributed by atoms with van der Waals surface area (Å²) in [7, 11) is 0. The van der Waals surface area contributed by atoms with Gasteiger partial charge < -0.3 is 0 Å². The molecule has 0 aromatic heterocycles. The van der Waals surface area contributed by atoms with Crippen LogP contribution in [0.3, 0.4) is 0 Å². The van der Waals surface area contributed by atoms with Crippen LogP contribution in [0.15, 0.2) is 51.9 Å². The number of amidine groups is 2. The third-order valence-electron chi connectivity index (χ3n) is 3.87. The molecule has 1 aliphatic rings. The molecule has 122 valence electrons. The minimum atomic E-state index is -0.359. The average molecular weight is 404 g/mol. The first kappa shape index (κ1) is 16.9. The Labute approximate surface area is 154 Å². The number of rotatable bonds is 1. The lowest BCUT2D eigenvalue weighted by atomic mass is 10.00. The largest absolute Gasteiger partial charge is 0.288 e. The number of aliphatic imine (C=N–C) groups is 1. The van der Waals surface area contributed by atoms with Gasteiger partial charge in [-0.05, 0) is 44.2 Å². The van der Waals surface area contributed by atoms with Gasteiger partial charge in [0.1, 0.15) is 17.7 Å². The molecule has 4 nitrogen and oxygen atoms in total. The van der Waals surface area contributed by atoms with Gasteiger partial charge in [0.25, 0.3) is 0 Å². The van der Waals surface area contributed by atoms with E-state index in [1.165, 1.54) is 0 Å². The second-order valence-electron chi connectivity index (χ2n) is 5.63. The van der Waals surface area contributed by atoms with Crippen molar-refractivity contribution in [1.82, 2.24) is 0 Å². The number of anilines is 1. The number of halogens is 2. The summed E-state index contributed by atoms with van der Waals surface area (Å²) >= 11 is 9.52. The molecule has 2 aromatic rings. The minimum absolute atomic E-state index is 0.287. The highest BCUT2D eigenvalue weighted by atomic mass is 79.9. The zero-order valence-electron chi connectivity index (χ0n) is 13.3. The fourth-order valence-electron chi connectivity index (χ4n) is 2.73. The Bertz CT molecular complexity index is 858. The molecule has 0 amide bonds. The Balaban J connectivity index is 2.28. The van der Waals surface area contributed by atoms with Crippen LogP contribution in [0, 0.1) is 10.8 Å². The molecule has 2 aromatic carbocycles. The molecule has 0 unspecified atom stereocenters. The van der Waals surface area contributed by atoms with Crippen LogP contribution in [-0.4, -0.2) is 23.4 Å². The summed E-state index contributed by atoms with van der Waals surface area (Å²) in [5.41, 5.74) is 3.40. The molecule has 1 heterocycles.